The summed E-state index contributed by atoms with van der Waals surface area (Å²) in [4.78, 5) is 0. The standard InChI is InChI=1S/C11H25NO2/c1-5-8-14-9-10(12)11(6-2,7-3)13-4/h10H,5-9,12H2,1-4H3. The van der Waals surface area contributed by atoms with Gasteiger partial charge in [-0.1, -0.05) is 20.8 Å². The quantitative estimate of drug-likeness (QED) is 0.613. The van der Waals surface area contributed by atoms with Crippen LogP contribution in [0.5, 0.6) is 0 Å². The monoisotopic (exact) mass is 203 g/mol. The molecule has 0 fully saturated rings. The van der Waals surface area contributed by atoms with E-state index in [-0.39, 0.29) is 11.6 Å². The normalized spacial score (nSPS) is 14.4. The number of hydrogen-bond acceptors (Lipinski definition) is 3. The molecule has 3 heteroatoms. The van der Waals surface area contributed by atoms with Gasteiger partial charge in [-0.15, -0.1) is 0 Å². The van der Waals surface area contributed by atoms with E-state index in [0.29, 0.717) is 6.61 Å². The van der Waals surface area contributed by atoms with Crippen molar-refractivity contribution >= 4 is 0 Å². The van der Waals surface area contributed by atoms with E-state index in [1.165, 1.54) is 0 Å². The highest BCUT2D eigenvalue weighted by molar-refractivity contribution is 4.88. The first-order chi connectivity index (χ1) is 6.66. The highest BCUT2D eigenvalue weighted by atomic mass is 16.5. The summed E-state index contributed by atoms with van der Waals surface area (Å²) >= 11 is 0. The maximum atomic E-state index is 6.08. The second-order valence-corrected chi connectivity index (χ2v) is 3.66. The van der Waals surface area contributed by atoms with Crippen molar-refractivity contribution in [1.82, 2.24) is 0 Å². The smallest absolute Gasteiger partial charge is 0.0846 e. The van der Waals surface area contributed by atoms with Crippen LogP contribution in [0.1, 0.15) is 40.0 Å². The number of nitrogens with two attached hydrogens (primary N) is 1. The first kappa shape index (κ1) is 13.9. The number of hydrogen-bond donors (Lipinski definition) is 1. The summed E-state index contributed by atoms with van der Waals surface area (Å²) in [5.41, 5.74) is 5.86. The first-order valence-electron chi connectivity index (χ1n) is 5.55. The molecule has 0 heterocycles. The van der Waals surface area contributed by atoms with Crippen molar-refractivity contribution in [2.24, 2.45) is 5.73 Å². The molecule has 14 heavy (non-hydrogen) atoms. The molecular formula is C11H25NO2. The van der Waals surface area contributed by atoms with Crippen molar-refractivity contribution in [3.8, 4) is 0 Å². The molecule has 1 atom stereocenters. The van der Waals surface area contributed by atoms with Crippen LogP contribution in [0.25, 0.3) is 0 Å². The third-order valence-corrected chi connectivity index (χ3v) is 2.93. The minimum atomic E-state index is -0.215. The van der Waals surface area contributed by atoms with Gasteiger partial charge in [0.05, 0.1) is 18.2 Å². The summed E-state index contributed by atoms with van der Waals surface area (Å²) < 4.78 is 11.0. The Morgan fingerprint density at radius 2 is 1.79 bits per heavy atom. The lowest BCUT2D eigenvalue weighted by Crippen LogP contribution is -2.51. The maximum Gasteiger partial charge on any atom is 0.0846 e. The third kappa shape index (κ3) is 3.56. The highest BCUT2D eigenvalue weighted by Gasteiger charge is 2.33. The zero-order valence-electron chi connectivity index (χ0n) is 10.0. The fourth-order valence-corrected chi connectivity index (χ4v) is 1.72. The molecule has 0 amide bonds. The van der Waals surface area contributed by atoms with Crippen LogP contribution < -0.4 is 5.73 Å². The van der Waals surface area contributed by atoms with Crippen LogP contribution in [0.15, 0.2) is 0 Å². The number of methoxy groups -OCH3 is 1. The largest absolute Gasteiger partial charge is 0.380 e. The topological polar surface area (TPSA) is 44.5 Å². The Bertz CT molecular complexity index is 127. The van der Waals surface area contributed by atoms with Crippen molar-refractivity contribution in [1.29, 1.82) is 0 Å². The van der Waals surface area contributed by atoms with Crippen LogP contribution in [0.2, 0.25) is 0 Å². The summed E-state index contributed by atoms with van der Waals surface area (Å²) in [7, 11) is 1.73. The van der Waals surface area contributed by atoms with Crippen LogP contribution in [0.4, 0.5) is 0 Å². The summed E-state index contributed by atoms with van der Waals surface area (Å²) in [6.45, 7) is 7.67. The van der Waals surface area contributed by atoms with Crippen molar-refractivity contribution in [3.05, 3.63) is 0 Å². The highest BCUT2D eigenvalue weighted by Crippen LogP contribution is 2.23. The molecule has 0 aromatic heterocycles. The summed E-state index contributed by atoms with van der Waals surface area (Å²) in [6.07, 6.45) is 2.89. The Morgan fingerprint density at radius 1 is 1.21 bits per heavy atom. The molecule has 0 bridgehead atoms. The molecule has 1 unspecified atom stereocenters. The summed E-state index contributed by atoms with van der Waals surface area (Å²) in [5.74, 6) is 0. The SMILES string of the molecule is CCCOCC(N)C(CC)(CC)OC. The van der Waals surface area contributed by atoms with E-state index >= 15 is 0 Å². The number of rotatable bonds is 8. The molecular weight excluding hydrogens is 178 g/mol. The first-order valence-corrected chi connectivity index (χ1v) is 5.55. The molecule has 0 aromatic rings. The molecule has 0 aliphatic heterocycles. The zero-order valence-corrected chi connectivity index (χ0v) is 10.0. The molecule has 0 rings (SSSR count). The third-order valence-electron chi connectivity index (χ3n) is 2.93. The minimum Gasteiger partial charge on any atom is -0.380 e. The summed E-state index contributed by atoms with van der Waals surface area (Å²) in [5, 5.41) is 0. The molecule has 0 aliphatic carbocycles. The van der Waals surface area contributed by atoms with E-state index in [1.807, 2.05) is 0 Å². The molecule has 0 radical (unpaired) electrons. The van der Waals surface area contributed by atoms with Crippen LogP contribution >= 0.6 is 0 Å². The van der Waals surface area contributed by atoms with Gasteiger partial charge in [0.15, 0.2) is 0 Å². The second kappa shape index (κ2) is 7.21. The lowest BCUT2D eigenvalue weighted by Gasteiger charge is -2.35. The van der Waals surface area contributed by atoms with E-state index in [1.54, 1.807) is 7.11 Å². The molecule has 2 N–H and O–H groups in total. The lowest BCUT2D eigenvalue weighted by atomic mass is 9.89. The van der Waals surface area contributed by atoms with Gasteiger partial charge in [0, 0.05) is 13.7 Å². The Hall–Kier alpha value is -0.120. The Morgan fingerprint density at radius 3 is 2.14 bits per heavy atom. The van der Waals surface area contributed by atoms with E-state index in [9.17, 15) is 0 Å². The van der Waals surface area contributed by atoms with E-state index in [4.69, 9.17) is 15.2 Å². The van der Waals surface area contributed by atoms with Gasteiger partial charge in [0.25, 0.3) is 0 Å². The van der Waals surface area contributed by atoms with Crippen LogP contribution in [0, 0.1) is 0 Å². The Labute approximate surface area is 88.0 Å². The molecule has 86 valence electrons. The lowest BCUT2D eigenvalue weighted by molar-refractivity contribution is -0.0587. The fraction of sp³-hybridized carbons (Fsp3) is 1.00. The van der Waals surface area contributed by atoms with Crippen LogP contribution in [-0.2, 0) is 9.47 Å². The predicted molar refractivity (Wildman–Crippen MR) is 59.4 cm³/mol. The van der Waals surface area contributed by atoms with E-state index < -0.39 is 0 Å². The van der Waals surface area contributed by atoms with Crippen molar-refractivity contribution in [2.75, 3.05) is 20.3 Å². The summed E-state index contributed by atoms with van der Waals surface area (Å²) in [6, 6.07) is -0.0333. The average Bonchev–Trinajstić information content (AvgIpc) is 2.22. The van der Waals surface area contributed by atoms with Gasteiger partial charge in [-0.3, -0.25) is 0 Å². The molecule has 0 saturated heterocycles. The predicted octanol–water partition coefficient (Wildman–Crippen LogP) is 1.95. The van der Waals surface area contributed by atoms with Crippen molar-refractivity contribution in [2.45, 2.75) is 51.7 Å². The molecule has 0 aliphatic rings. The minimum absolute atomic E-state index is 0.0333. The van der Waals surface area contributed by atoms with Crippen molar-refractivity contribution in [3.63, 3.8) is 0 Å². The van der Waals surface area contributed by atoms with Gasteiger partial charge >= 0.3 is 0 Å². The molecule has 0 spiro atoms. The number of ether oxygens (including phenoxy) is 2. The van der Waals surface area contributed by atoms with Gasteiger partial charge in [-0.2, -0.15) is 0 Å². The van der Waals surface area contributed by atoms with E-state index in [0.717, 1.165) is 25.9 Å². The van der Waals surface area contributed by atoms with Crippen LogP contribution in [-0.4, -0.2) is 32.0 Å². The average molecular weight is 203 g/mol. The molecule has 3 nitrogen and oxygen atoms in total. The Balaban J connectivity index is 4.07. The van der Waals surface area contributed by atoms with Gasteiger partial charge < -0.3 is 15.2 Å². The molecule has 0 aromatic carbocycles. The van der Waals surface area contributed by atoms with Crippen molar-refractivity contribution < 1.29 is 9.47 Å². The second-order valence-electron chi connectivity index (χ2n) is 3.66. The van der Waals surface area contributed by atoms with Gasteiger partial charge in [0.2, 0.25) is 0 Å². The van der Waals surface area contributed by atoms with Gasteiger partial charge in [-0.05, 0) is 19.3 Å². The van der Waals surface area contributed by atoms with Gasteiger partial charge in [-0.25, -0.2) is 0 Å². The van der Waals surface area contributed by atoms with Crippen LogP contribution in [0.3, 0.4) is 0 Å². The molecule has 0 saturated carbocycles. The van der Waals surface area contributed by atoms with Gasteiger partial charge in [0.1, 0.15) is 0 Å². The Kier molecular flexibility index (Phi) is 7.15. The zero-order chi connectivity index (χ0) is 11.0. The maximum absolute atomic E-state index is 6.08. The fourth-order valence-electron chi connectivity index (χ4n) is 1.72. The van der Waals surface area contributed by atoms with E-state index in [2.05, 4.69) is 20.8 Å².